The fourth-order valence-electron chi connectivity index (χ4n) is 7.43. The van der Waals surface area contributed by atoms with Crippen molar-refractivity contribution in [3.05, 3.63) is 56.0 Å². The molecule has 56 heavy (non-hydrogen) atoms. The highest BCUT2D eigenvalue weighted by Gasteiger charge is 2.38. The second-order valence-electron chi connectivity index (χ2n) is 16.5. The third kappa shape index (κ3) is 12.9. The number of likely N-dealkylation sites (tertiary alicyclic amines) is 1. The number of nitrogens with one attached hydrogen (secondary N) is 1. The topological polar surface area (TPSA) is 189 Å². The molecule has 0 saturated carbocycles. The number of ketones is 1. The monoisotopic (exact) mass is 799 g/mol. The molecule has 0 unspecified atom stereocenters. The molecule has 1 aromatic heterocycles. The molecule has 1 fully saturated rings. The highest BCUT2D eigenvalue weighted by Crippen LogP contribution is 2.33. The number of carboxylic acid groups (broad SMARTS) is 1. The van der Waals surface area contributed by atoms with Crippen LogP contribution < -0.4 is 5.32 Å². The number of aliphatic carboxylic acids is 1. The molecule has 2 N–H and O–H groups in total. The maximum absolute atomic E-state index is 14.5. The first-order chi connectivity index (χ1) is 26.2. The Hall–Kier alpha value is -4.24. The van der Waals surface area contributed by atoms with E-state index in [1.54, 1.807) is 31.4 Å². The van der Waals surface area contributed by atoms with E-state index in [-0.39, 0.29) is 72.7 Å². The number of aromatic nitrogens is 1. The van der Waals surface area contributed by atoms with E-state index in [1.165, 1.54) is 19.1 Å². The van der Waals surface area contributed by atoms with Gasteiger partial charge in [-0.1, -0.05) is 53.2 Å². The van der Waals surface area contributed by atoms with Crippen LogP contribution in [-0.2, 0) is 30.3 Å². The van der Waals surface area contributed by atoms with Crippen molar-refractivity contribution in [3.8, 4) is 0 Å². The molecule has 2 heterocycles. The van der Waals surface area contributed by atoms with Gasteiger partial charge in [0.15, 0.2) is 11.9 Å². The van der Waals surface area contributed by atoms with E-state index in [0.717, 1.165) is 37.1 Å². The van der Waals surface area contributed by atoms with E-state index in [9.17, 15) is 39.2 Å². The lowest BCUT2D eigenvalue weighted by molar-refractivity contribution is -0.384. The Kier molecular flexibility index (Phi) is 17.1. The summed E-state index contributed by atoms with van der Waals surface area (Å²) in [6.45, 7) is 15.7. The quantitative estimate of drug-likeness (QED) is 0.0762. The molecular weight excluding hydrogens is 739 g/mol. The van der Waals surface area contributed by atoms with Gasteiger partial charge in [-0.05, 0) is 76.9 Å². The predicted octanol–water partition coefficient (Wildman–Crippen LogP) is 6.87. The van der Waals surface area contributed by atoms with Crippen LogP contribution in [0.1, 0.15) is 127 Å². The normalized spacial score (nSPS) is 17.2. The lowest BCUT2D eigenvalue weighted by Gasteiger charge is -2.39. The minimum Gasteiger partial charge on any atom is -0.481 e. The van der Waals surface area contributed by atoms with Crippen LogP contribution in [0.3, 0.4) is 0 Å². The Labute approximate surface area is 334 Å². The summed E-state index contributed by atoms with van der Waals surface area (Å²) in [4.78, 5) is 85.5. The molecule has 0 spiro atoms. The van der Waals surface area contributed by atoms with Crippen LogP contribution in [0.25, 0.3) is 0 Å². The number of Topliss-reactive ketones (excluding diaryl/α,β-unsaturated/α-hetero) is 1. The number of nitrogens with zero attached hydrogens (tertiary/aromatic N) is 4. The van der Waals surface area contributed by atoms with Crippen LogP contribution in [0.4, 0.5) is 5.69 Å². The Morgan fingerprint density at radius 1 is 1.11 bits per heavy atom. The molecule has 1 aromatic carbocycles. The van der Waals surface area contributed by atoms with E-state index < -0.39 is 46.2 Å². The second-order valence-corrected chi connectivity index (χ2v) is 17.3. The minimum absolute atomic E-state index is 0.0534. The zero-order valence-corrected chi connectivity index (χ0v) is 35.2. The molecule has 14 nitrogen and oxygen atoms in total. The van der Waals surface area contributed by atoms with Crippen molar-refractivity contribution in [1.82, 2.24) is 20.1 Å². The van der Waals surface area contributed by atoms with Gasteiger partial charge >= 0.3 is 11.9 Å². The number of carbonyl (C=O) groups is 5. The SMILES string of the molecule is CCCN(C(=O)[C@@H](CC(=O)[C@H]1CCCCN1C)C(C)C)[C@H](C[C@@H](OC(C)=O)c1nc(C(=O)N[C@@H](Cc2ccc([N+](=O)[O-])cc2)CC(C)(C)C(=O)O)cs1)C(C)C. The van der Waals surface area contributed by atoms with E-state index in [1.807, 2.05) is 46.6 Å². The number of thiazole rings is 1. The number of nitro benzene ring substituents is 1. The average molecular weight is 800 g/mol. The van der Waals surface area contributed by atoms with E-state index in [4.69, 9.17) is 4.74 Å². The number of hydrogen-bond donors (Lipinski definition) is 2. The van der Waals surface area contributed by atoms with Crippen molar-refractivity contribution >= 4 is 46.6 Å². The standard InChI is InChI=1S/C41H61N5O9S/c1-10-18-45(39(50)31(25(2)3)21-35(48)33-13-11-12-19-44(33)9)34(26(4)5)22-36(55-27(6)47)38-43-32(24-56-38)37(49)42-29(23-41(7,8)40(51)52)20-28-14-16-30(17-15-28)46(53)54/h14-17,24-26,29,31,33-34,36H,10-13,18-23H2,1-9H3,(H,42,49)(H,51,52)/t29-,31-,33+,34+,36+/m0/s1. The van der Waals surface area contributed by atoms with Gasteiger partial charge in [-0.3, -0.25) is 39.0 Å². The van der Waals surface area contributed by atoms with Crippen LogP contribution in [-0.4, -0.2) is 92.6 Å². The third-order valence-corrected chi connectivity index (χ3v) is 11.6. The van der Waals surface area contributed by atoms with Gasteiger partial charge in [0.05, 0.1) is 16.4 Å². The molecule has 5 atom stereocenters. The van der Waals surface area contributed by atoms with Gasteiger partial charge in [0, 0.05) is 61.8 Å². The van der Waals surface area contributed by atoms with Crippen LogP contribution >= 0.6 is 11.3 Å². The van der Waals surface area contributed by atoms with Gasteiger partial charge in [0.1, 0.15) is 10.7 Å². The van der Waals surface area contributed by atoms with E-state index in [2.05, 4.69) is 15.2 Å². The zero-order valence-electron chi connectivity index (χ0n) is 34.4. The Morgan fingerprint density at radius 3 is 2.30 bits per heavy atom. The van der Waals surface area contributed by atoms with Crippen molar-refractivity contribution in [2.45, 2.75) is 131 Å². The largest absolute Gasteiger partial charge is 0.481 e. The number of non-ortho nitro benzene ring substituents is 1. The fraction of sp³-hybridized carbons (Fsp3) is 0.659. The van der Waals surface area contributed by atoms with Gasteiger partial charge in [0.2, 0.25) is 5.91 Å². The Bertz CT molecular complexity index is 1680. The van der Waals surface area contributed by atoms with Gasteiger partial charge in [-0.25, -0.2) is 4.98 Å². The molecule has 310 valence electrons. The van der Waals surface area contributed by atoms with Crippen molar-refractivity contribution < 1.29 is 38.7 Å². The number of amides is 2. The molecule has 3 rings (SSSR count). The highest BCUT2D eigenvalue weighted by molar-refractivity contribution is 7.09. The molecule has 1 aliphatic rings. The first-order valence-electron chi connectivity index (χ1n) is 19.7. The smallest absolute Gasteiger partial charge is 0.309 e. The number of esters is 1. The number of carbonyl (C=O) groups excluding carboxylic acids is 4. The number of rotatable bonds is 21. The molecule has 0 bridgehead atoms. The van der Waals surface area contributed by atoms with Gasteiger partial charge in [-0.2, -0.15) is 0 Å². The summed E-state index contributed by atoms with van der Waals surface area (Å²) in [6, 6.07) is 4.62. The molecule has 0 radical (unpaired) electrons. The second kappa shape index (κ2) is 20.8. The number of piperidine rings is 1. The van der Waals surface area contributed by atoms with Crippen molar-refractivity contribution in [3.63, 3.8) is 0 Å². The van der Waals surface area contributed by atoms with Crippen LogP contribution in [0.2, 0.25) is 0 Å². The molecular formula is C41H61N5O9S. The summed E-state index contributed by atoms with van der Waals surface area (Å²) in [6.07, 6.45) is 3.29. The Morgan fingerprint density at radius 2 is 1.77 bits per heavy atom. The lowest BCUT2D eigenvalue weighted by atomic mass is 9.84. The van der Waals surface area contributed by atoms with Crippen LogP contribution in [0.15, 0.2) is 29.6 Å². The van der Waals surface area contributed by atoms with Crippen molar-refractivity contribution in [1.29, 1.82) is 0 Å². The summed E-state index contributed by atoms with van der Waals surface area (Å²) in [5, 5.41) is 25.8. The number of likely N-dealkylation sites (N-methyl/N-ethyl adjacent to an activating group) is 1. The number of benzene rings is 1. The number of hydrogen-bond acceptors (Lipinski definition) is 11. The number of nitro groups is 1. The summed E-state index contributed by atoms with van der Waals surface area (Å²) in [5.74, 6) is -2.82. The molecule has 15 heteroatoms. The fourth-order valence-corrected chi connectivity index (χ4v) is 8.27. The predicted molar refractivity (Wildman–Crippen MR) is 214 cm³/mol. The van der Waals surface area contributed by atoms with Crippen molar-refractivity contribution in [2.24, 2.45) is 23.2 Å². The summed E-state index contributed by atoms with van der Waals surface area (Å²) in [7, 11) is 1.97. The van der Waals surface area contributed by atoms with Crippen LogP contribution in [0, 0.1) is 33.3 Å². The van der Waals surface area contributed by atoms with Gasteiger partial charge in [0.25, 0.3) is 11.6 Å². The molecule has 2 aromatic rings. The van der Waals surface area contributed by atoms with E-state index in [0.29, 0.717) is 23.5 Å². The first-order valence-corrected chi connectivity index (χ1v) is 20.6. The average Bonchev–Trinajstić information content (AvgIpc) is 3.62. The van der Waals surface area contributed by atoms with Gasteiger partial charge < -0.3 is 20.1 Å². The third-order valence-electron chi connectivity index (χ3n) is 10.7. The molecule has 0 aliphatic carbocycles. The molecule has 1 aliphatic heterocycles. The van der Waals surface area contributed by atoms with E-state index >= 15 is 0 Å². The molecule has 2 amide bonds. The van der Waals surface area contributed by atoms with Crippen molar-refractivity contribution in [2.75, 3.05) is 20.1 Å². The first kappa shape index (κ1) is 46.1. The zero-order chi connectivity index (χ0) is 41.9. The maximum atomic E-state index is 14.5. The number of ether oxygens (including phenoxy) is 1. The lowest BCUT2D eigenvalue weighted by Crippen LogP contribution is -2.50. The maximum Gasteiger partial charge on any atom is 0.309 e. The van der Waals surface area contributed by atoms with Gasteiger partial charge in [-0.15, -0.1) is 11.3 Å². The van der Waals surface area contributed by atoms with Crippen LogP contribution in [0.5, 0.6) is 0 Å². The summed E-state index contributed by atoms with van der Waals surface area (Å²) < 4.78 is 5.83. The Balaban J connectivity index is 1.88. The number of carboxylic acids is 1. The molecule has 1 saturated heterocycles. The highest BCUT2D eigenvalue weighted by atomic mass is 32.1. The summed E-state index contributed by atoms with van der Waals surface area (Å²) >= 11 is 1.14. The summed E-state index contributed by atoms with van der Waals surface area (Å²) in [5.41, 5.74) is -0.560. The minimum atomic E-state index is -1.20.